The number of carbonyl (C=O) groups is 1. The van der Waals surface area contributed by atoms with Gasteiger partial charge in [-0.3, -0.25) is 0 Å². The van der Waals surface area contributed by atoms with Gasteiger partial charge in [-0.05, 0) is 14.1 Å². The van der Waals surface area contributed by atoms with E-state index in [9.17, 15) is 4.79 Å². The lowest BCUT2D eigenvalue weighted by Crippen LogP contribution is -2.36. The molecule has 1 unspecified atom stereocenters. The van der Waals surface area contributed by atoms with Crippen molar-refractivity contribution >= 4 is 6.03 Å². The van der Waals surface area contributed by atoms with Crippen molar-refractivity contribution in [3.8, 4) is 0 Å². The maximum absolute atomic E-state index is 11.7. The molecule has 0 aromatic heterocycles. The quantitative estimate of drug-likeness (QED) is 0.649. The molecule has 82 valence electrons. The largest absolute Gasteiger partial charge is 0.328 e. The van der Waals surface area contributed by atoms with Crippen molar-refractivity contribution in [3.05, 3.63) is 0 Å². The molecule has 1 saturated heterocycles. The summed E-state index contributed by atoms with van der Waals surface area (Å²) < 4.78 is 0. The zero-order valence-corrected chi connectivity index (χ0v) is 9.23. The van der Waals surface area contributed by atoms with Crippen LogP contribution in [0, 0.1) is 0 Å². The van der Waals surface area contributed by atoms with Gasteiger partial charge >= 0.3 is 6.03 Å². The van der Waals surface area contributed by atoms with Crippen molar-refractivity contribution < 1.29 is 4.79 Å². The van der Waals surface area contributed by atoms with Crippen molar-refractivity contribution in [1.82, 2.24) is 14.7 Å². The molecule has 0 aromatic carbocycles. The molecule has 5 heteroatoms. The van der Waals surface area contributed by atoms with E-state index in [1.165, 1.54) is 0 Å². The third-order valence-electron chi connectivity index (χ3n) is 2.64. The molecule has 1 heterocycles. The number of carbonyl (C=O) groups excluding carboxylic acids is 1. The van der Waals surface area contributed by atoms with Gasteiger partial charge in [0.15, 0.2) is 0 Å². The minimum absolute atomic E-state index is 0.0994. The molecule has 1 aliphatic heterocycles. The highest BCUT2D eigenvalue weighted by molar-refractivity contribution is 5.76. The summed E-state index contributed by atoms with van der Waals surface area (Å²) in [5.74, 6) is 0. The Morgan fingerprint density at radius 1 is 1.57 bits per heavy atom. The van der Waals surface area contributed by atoms with E-state index in [0.29, 0.717) is 6.54 Å². The summed E-state index contributed by atoms with van der Waals surface area (Å²) in [6, 6.07) is 0.284. The van der Waals surface area contributed by atoms with E-state index in [1.807, 2.05) is 26.0 Å². The van der Waals surface area contributed by atoms with Crippen LogP contribution in [0.2, 0.25) is 0 Å². The number of amides is 2. The first-order valence-electron chi connectivity index (χ1n) is 4.92. The fourth-order valence-corrected chi connectivity index (χ4v) is 1.57. The van der Waals surface area contributed by atoms with Gasteiger partial charge in [0, 0.05) is 33.2 Å². The fourth-order valence-electron chi connectivity index (χ4n) is 1.57. The van der Waals surface area contributed by atoms with Gasteiger partial charge in [-0.1, -0.05) is 0 Å². The van der Waals surface area contributed by atoms with E-state index in [0.717, 1.165) is 19.6 Å². The van der Waals surface area contributed by atoms with E-state index in [4.69, 9.17) is 5.73 Å². The molecule has 1 rings (SSSR count). The molecule has 1 fully saturated rings. The summed E-state index contributed by atoms with van der Waals surface area (Å²) in [7, 11) is 5.82. The predicted molar refractivity (Wildman–Crippen MR) is 56.1 cm³/mol. The maximum atomic E-state index is 11.7. The zero-order valence-electron chi connectivity index (χ0n) is 9.23. The lowest BCUT2D eigenvalue weighted by Gasteiger charge is -2.18. The zero-order chi connectivity index (χ0) is 10.7. The summed E-state index contributed by atoms with van der Waals surface area (Å²) in [4.78, 5) is 17.3. The average Bonchev–Trinajstić information content (AvgIpc) is 2.41. The van der Waals surface area contributed by atoms with Gasteiger partial charge < -0.3 is 20.4 Å². The Balaban J connectivity index is 2.44. The van der Waals surface area contributed by atoms with Crippen molar-refractivity contribution in [2.24, 2.45) is 5.73 Å². The third kappa shape index (κ3) is 2.36. The van der Waals surface area contributed by atoms with Crippen LogP contribution in [-0.4, -0.2) is 74.1 Å². The minimum Gasteiger partial charge on any atom is -0.328 e. The number of likely N-dealkylation sites (N-methyl/N-ethyl adjacent to an activating group) is 2. The second-order valence-corrected chi connectivity index (χ2v) is 4.03. The molecule has 0 bridgehead atoms. The molecule has 0 aromatic rings. The average molecular weight is 200 g/mol. The smallest absolute Gasteiger partial charge is 0.320 e. The Hall–Kier alpha value is -0.810. The van der Waals surface area contributed by atoms with Crippen molar-refractivity contribution in [2.75, 3.05) is 47.3 Å². The van der Waals surface area contributed by atoms with Crippen LogP contribution in [0.3, 0.4) is 0 Å². The van der Waals surface area contributed by atoms with Gasteiger partial charge in [0.1, 0.15) is 0 Å². The summed E-state index contributed by atoms with van der Waals surface area (Å²) in [6.45, 7) is 2.99. The molecular formula is C9H20N4O. The first-order chi connectivity index (χ1) is 6.56. The first kappa shape index (κ1) is 11.3. The van der Waals surface area contributed by atoms with E-state index < -0.39 is 0 Å². The van der Waals surface area contributed by atoms with E-state index >= 15 is 0 Å². The Morgan fingerprint density at radius 3 is 2.64 bits per heavy atom. The highest BCUT2D eigenvalue weighted by atomic mass is 16.2. The van der Waals surface area contributed by atoms with Crippen LogP contribution >= 0.6 is 0 Å². The first-order valence-corrected chi connectivity index (χ1v) is 4.92. The lowest BCUT2D eigenvalue weighted by molar-refractivity contribution is 0.192. The van der Waals surface area contributed by atoms with Crippen LogP contribution in [0.5, 0.6) is 0 Å². The van der Waals surface area contributed by atoms with Crippen LogP contribution in [0.4, 0.5) is 4.79 Å². The van der Waals surface area contributed by atoms with E-state index in [-0.39, 0.29) is 12.1 Å². The Kier molecular flexibility index (Phi) is 3.71. The van der Waals surface area contributed by atoms with E-state index in [2.05, 4.69) is 4.90 Å². The molecule has 1 atom stereocenters. The summed E-state index contributed by atoms with van der Waals surface area (Å²) >= 11 is 0. The van der Waals surface area contributed by atoms with Crippen LogP contribution in [0.25, 0.3) is 0 Å². The molecule has 0 spiro atoms. The molecular weight excluding hydrogens is 180 g/mol. The van der Waals surface area contributed by atoms with Gasteiger partial charge in [0.05, 0.1) is 6.04 Å². The Labute approximate surface area is 85.4 Å². The molecule has 0 aliphatic carbocycles. The van der Waals surface area contributed by atoms with Crippen LogP contribution in [0.15, 0.2) is 0 Å². The molecule has 1 aliphatic rings. The fraction of sp³-hybridized carbons (Fsp3) is 0.889. The number of urea groups is 1. The molecule has 0 radical (unpaired) electrons. The number of hydrogen-bond acceptors (Lipinski definition) is 3. The highest BCUT2D eigenvalue weighted by Crippen LogP contribution is 2.12. The molecule has 2 N–H and O–H groups in total. The predicted octanol–water partition coefficient (Wildman–Crippen LogP) is -0.757. The normalized spacial score (nSPS) is 22.6. The SMILES string of the molecule is CN(C)CCN1CC(CN)N(C)C1=O. The number of nitrogens with zero attached hydrogens (tertiary/aromatic N) is 3. The topological polar surface area (TPSA) is 52.8 Å². The molecule has 5 nitrogen and oxygen atoms in total. The van der Waals surface area contributed by atoms with Gasteiger partial charge in [0.25, 0.3) is 0 Å². The molecule has 0 saturated carbocycles. The lowest BCUT2D eigenvalue weighted by atomic mass is 10.3. The van der Waals surface area contributed by atoms with Gasteiger partial charge in [-0.15, -0.1) is 0 Å². The second-order valence-electron chi connectivity index (χ2n) is 4.03. The molecule has 14 heavy (non-hydrogen) atoms. The van der Waals surface area contributed by atoms with Gasteiger partial charge in [-0.2, -0.15) is 0 Å². The minimum atomic E-state index is 0.0994. The van der Waals surface area contributed by atoms with Crippen LogP contribution in [-0.2, 0) is 0 Å². The van der Waals surface area contributed by atoms with Crippen molar-refractivity contribution in [3.63, 3.8) is 0 Å². The number of nitrogens with two attached hydrogens (primary N) is 1. The molecule has 2 amide bonds. The van der Waals surface area contributed by atoms with Crippen LogP contribution in [0.1, 0.15) is 0 Å². The van der Waals surface area contributed by atoms with Gasteiger partial charge in [-0.25, -0.2) is 4.79 Å². The summed E-state index contributed by atoms with van der Waals surface area (Å²) in [6.07, 6.45) is 0. The van der Waals surface area contributed by atoms with Gasteiger partial charge in [0.2, 0.25) is 0 Å². The third-order valence-corrected chi connectivity index (χ3v) is 2.64. The summed E-state index contributed by atoms with van der Waals surface area (Å²) in [5, 5.41) is 0. The second kappa shape index (κ2) is 4.61. The monoisotopic (exact) mass is 200 g/mol. The summed E-state index contributed by atoms with van der Waals surface area (Å²) in [5.41, 5.74) is 5.57. The van der Waals surface area contributed by atoms with Crippen molar-refractivity contribution in [1.29, 1.82) is 0 Å². The Bertz CT molecular complexity index is 207. The number of rotatable bonds is 4. The highest BCUT2D eigenvalue weighted by Gasteiger charge is 2.32. The Morgan fingerprint density at radius 2 is 2.21 bits per heavy atom. The maximum Gasteiger partial charge on any atom is 0.320 e. The van der Waals surface area contributed by atoms with Crippen molar-refractivity contribution in [2.45, 2.75) is 6.04 Å². The van der Waals surface area contributed by atoms with Crippen LogP contribution < -0.4 is 5.73 Å². The van der Waals surface area contributed by atoms with E-state index in [1.54, 1.807) is 4.90 Å². The number of hydrogen-bond donors (Lipinski definition) is 1. The standard InChI is InChI=1S/C9H20N4O/c1-11(2)4-5-13-7-8(6-10)12(3)9(13)14/h8H,4-7,10H2,1-3H3.